The second kappa shape index (κ2) is 9.03. The van der Waals surface area contributed by atoms with Gasteiger partial charge in [0, 0.05) is 39.1 Å². The van der Waals surface area contributed by atoms with Gasteiger partial charge < -0.3 is 4.90 Å². The van der Waals surface area contributed by atoms with E-state index < -0.39 is 0 Å². The van der Waals surface area contributed by atoms with Crippen LogP contribution in [0.4, 0.5) is 5.69 Å². The van der Waals surface area contributed by atoms with Crippen LogP contribution in [-0.2, 0) is 6.42 Å². The molecule has 8 nitrogen and oxygen atoms in total. The van der Waals surface area contributed by atoms with Crippen molar-refractivity contribution < 1.29 is 4.79 Å². The lowest BCUT2D eigenvalue weighted by Gasteiger charge is -2.23. The van der Waals surface area contributed by atoms with Crippen LogP contribution in [0.5, 0.6) is 0 Å². The number of benzene rings is 1. The highest BCUT2D eigenvalue weighted by atomic mass is 16.2. The van der Waals surface area contributed by atoms with Crippen LogP contribution in [-0.4, -0.2) is 47.3 Å². The summed E-state index contributed by atoms with van der Waals surface area (Å²) in [6, 6.07) is 10.5. The molecule has 1 amide bonds. The highest BCUT2D eigenvalue weighted by molar-refractivity contribution is 5.99. The predicted molar refractivity (Wildman–Crippen MR) is 100 cm³/mol. The Morgan fingerprint density at radius 1 is 1.27 bits per heavy atom. The van der Waals surface area contributed by atoms with E-state index in [2.05, 4.69) is 33.6 Å². The maximum Gasteiger partial charge on any atom is 0.256 e. The maximum absolute atomic E-state index is 13.0. The van der Waals surface area contributed by atoms with Gasteiger partial charge in [0.2, 0.25) is 0 Å². The highest BCUT2D eigenvalue weighted by Gasteiger charge is 2.20. The van der Waals surface area contributed by atoms with Gasteiger partial charge in [-0.15, -0.1) is 0 Å². The molecule has 0 saturated carbocycles. The van der Waals surface area contributed by atoms with Crippen LogP contribution in [0, 0.1) is 11.3 Å². The molecule has 0 fully saturated rings. The zero-order chi connectivity index (χ0) is 18.9. The first kappa shape index (κ1) is 18.7. The molecule has 0 aliphatic carbocycles. The summed E-state index contributed by atoms with van der Waals surface area (Å²) in [5.74, 6) is 0.350. The smallest absolute Gasteiger partial charge is 0.256 e. The molecule has 26 heavy (non-hydrogen) atoms. The number of rotatable bonds is 8. The Hall–Kier alpha value is -3.60. The summed E-state index contributed by atoms with van der Waals surface area (Å²) < 4.78 is 0. The summed E-state index contributed by atoms with van der Waals surface area (Å²) in [7, 11) is 0. The Labute approximate surface area is 152 Å². The number of amides is 1. The van der Waals surface area contributed by atoms with Gasteiger partial charge in [-0.1, -0.05) is 12.1 Å². The number of hydrogen-bond donors (Lipinski definition) is 0. The lowest BCUT2D eigenvalue weighted by atomic mass is 10.1. The summed E-state index contributed by atoms with van der Waals surface area (Å²) in [6.45, 7) is 9.70. The molecule has 0 saturated heterocycles. The minimum atomic E-state index is -0.170. The summed E-state index contributed by atoms with van der Waals surface area (Å²) >= 11 is 0. The molecule has 0 bridgehead atoms. The fourth-order valence-corrected chi connectivity index (χ4v) is 2.42. The second-order valence-electron chi connectivity index (χ2n) is 5.19. The van der Waals surface area contributed by atoms with E-state index in [1.54, 1.807) is 35.2 Å². The first-order valence-electron chi connectivity index (χ1n) is 7.98. The van der Waals surface area contributed by atoms with Crippen molar-refractivity contribution in [2.75, 3.05) is 18.2 Å². The number of nitriles is 1. The molecule has 1 aromatic heterocycles. The minimum absolute atomic E-state index is 0.170. The maximum atomic E-state index is 13.0. The average Bonchev–Trinajstić information content (AvgIpc) is 2.69. The van der Waals surface area contributed by atoms with Gasteiger partial charge in [-0.2, -0.15) is 20.6 Å². The number of hydrogen-bond acceptors (Lipinski definition) is 7. The number of aromatic nitrogens is 2. The van der Waals surface area contributed by atoms with E-state index in [1.807, 2.05) is 13.0 Å². The summed E-state index contributed by atoms with van der Waals surface area (Å²) in [5.41, 5.74) is 1.25. The first-order valence-corrected chi connectivity index (χ1v) is 7.98. The fraction of sp³-hybridized carbons (Fsp3) is 0.222. The van der Waals surface area contributed by atoms with Crippen LogP contribution in [0.25, 0.3) is 0 Å². The van der Waals surface area contributed by atoms with E-state index in [9.17, 15) is 4.79 Å². The lowest BCUT2D eigenvalue weighted by Crippen LogP contribution is -2.33. The van der Waals surface area contributed by atoms with Crippen LogP contribution < -0.4 is 5.12 Å². The number of carbonyl (C=O) groups is 1. The molecule has 0 unspecified atom stereocenters. The molecule has 0 atom stereocenters. The normalized spacial score (nSPS) is 9.85. The van der Waals surface area contributed by atoms with E-state index in [1.165, 1.54) is 11.3 Å². The standard InChI is InChI=1S/C18H19N7O/c1-4-24(12-10-17-22-11-9-14(13-19)23-17)18(26)15-7-5-6-8-16(15)25(20-2)21-3/h5-9,11H,2-4,10,12H2,1H3. The Kier molecular flexibility index (Phi) is 6.51. The van der Waals surface area contributed by atoms with Gasteiger partial charge >= 0.3 is 0 Å². The molecule has 8 heteroatoms. The van der Waals surface area contributed by atoms with Crippen molar-refractivity contribution in [1.29, 1.82) is 5.26 Å². The van der Waals surface area contributed by atoms with Crippen molar-refractivity contribution in [1.82, 2.24) is 14.9 Å². The van der Waals surface area contributed by atoms with Gasteiger partial charge in [-0.25, -0.2) is 9.97 Å². The Morgan fingerprint density at radius 2 is 2.00 bits per heavy atom. The monoisotopic (exact) mass is 349 g/mol. The zero-order valence-electron chi connectivity index (χ0n) is 14.5. The molecule has 2 aromatic rings. The third kappa shape index (κ3) is 4.27. The predicted octanol–water partition coefficient (Wildman–Crippen LogP) is 2.09. The van der Waals surface area contributed by atoms with Gasteiger partial charge in [0.15, 0.2) is 0 Å². The Bertz CT molecular complexity index is 835. The third-order valence-electron chi connectivity index (χ3n) is 3.71. The highest BCUT2D eigenvalue weighted by Crippen LogP contribution is 2.22. The van der Waals surface area contributed by atoms with Crippen molar-refractivity contribution in [3.63, 3.8) is 0 Å². The van der Waals surface area contributed by atoms with Gasteiger partial charge in [0.1, 0.15) is 17.6 Å². The van der Waals surface area contributed by atoms with Crippen LogP contribution >= 0.6 is 0 Å². The molecule has 0 spiro atoms. The molecule has 0 N–H and O–H groups in total. The SMILES string of the molecule is C=NN(N=C)c1ccccc1C(=O)N(CC)CCc1nccc(C#N)n1. The molecule has 132 valence electrons. The molecule has 1 aromatic carbocycles. The van der Waals surface area contributed by atoms with Crippen LogP contribution in [0.2, 0.25) is 0 Å². The van der Waals surface area contributed by atoms with Gasteiger partial charge in [0.25, 0.3) is 5.91 Å². The Morgan fingerprint density at radius 3 is 2.65 bits per heavy atom. The van der Waals surface area contributed by atoms with E-state index in [-0.39, 0.29) is 5.91 Å². The van der Waals surface area contributed by atoms with Gasteiger partial charge in [0.05, 0.1) is 11.3 Å². The lowest BCUT2D eigenvalue weighted by molar-refractivity contribution is 0.0766. The fourth-order valence-electron chi connectivity index (χ4n) is 2.42. The summed E-state index contributed by atoms with van der Waals surface area (Å²) in [5, 5.41) is 17.6. The molecule has 0 radical (unpaired) electrons. The quantitative estimate of drug-likeness (QED) is 0.537. The molecule has 1 heterocycles. The number of likely N-dealkylation sites (N-methyl/N-ethyl adjacent to an activating group) is 1. The molecule has 2 rings (SSSR count). The number of nitrogens with zero attached hydrogens (tertiary/aromatic N) is 7. The zero-order valence-corrected chi connectivity index (χ0v) is 14.5. The van der Waals surface area contributed by atoms with Crippen molar-refractivity contribution in [3.8, 4) is 6.07 Å². The first-order chi connectivity index (χ1) is 12.6. The van der Waals surface area contributed by atoms with E-state index in [4.69, 9.17) is 5.26 Å². The van der Waals surface area contributed by atoms with Crippen LogP contribution in [0.1, 0.15) is 28.8 Å². The number of anilines is 1. The molecule has 0 aliphatic rings. The number of hydrazone groups is 2. The van der Waals surface area contributed by atoms with E-state index in [0.717, 1.165) is 0 Å². The van der Waals surface area contributed by atoms with E-state index >= 15 is 0 Å². The van der Waals surface area contributed by atoms with Crippen molar-refractivity contribution in [2.45, 2.75) is 13.3 Å². The van der Waals surface area contributed by atoms with Crippen molar-refractivity contribution in [2.24, 2.45) is 10.2 Å². The molecule has 0 aliphatic heterocycles. The van der Waals surface area contributed by atoms with Crippen LogP contribution in [0.15, 0.2) is 46.7 Å². The van der Waals surface area contributed by atoms with Crippen molar-refractivity contribution in [3.05, 3.63) is 53.6 Å². The molecular formula is C18H19N7O. The largest absolute Gasteiger partial charge is 0.338 e. The van der Waals surface area contributed by atoms with Gasteiger partial charge in [-0.3, -0.25) is 4.79 Å². The van der Waals surface area contributed by atoms with Crippen LogP contribution in [0.3, 0.4) is 0 Å². The number of carbonyl (C=O) groups excluding carboxylic acids is 1. The third-order valence-corrected chi connectivity index (χ3v) is 3.71. The van der Waals surface area contributed by atoms with Gasteiger partial charge in [-0.05, 0) is 25.1 Å². The summed E-state index contributed by atoms with van der Waals surface area (Å²) in [4.78, 5) is 22.9. The Balaban J connectivity index is 2.20. The average molecular weight is 349 g/mol. The topological polar surface area (TPSA) is 97.8 Å². The minimum Gasteiger partial charge on any atom is -0.338 e. The van der Waals surface area contributed by atoms with E-state index in [0.29, 0.717) is 42.3 Å². The number of para-hydroxylation sites is 1. The van der Waals surface area contributed by atoms with Crippen molar-refractivity contribution >= 4 is 25.0 Å². The second-order valence-corrected chi connectivity index (χ2v) is 5.19. The summed E-state index contributed by atoms with van der Waals surface area (Å²) in [6.07, 6.45) is 1.98. The molecular weight excluding hydrogens is 330 g/mol.